The van der Waals surface area contributed by atoms with Crippen molar-refractivity contribution in [1.29, 1.82) is 0 Å². The van der Waals surface area contributed by atoms with E-state index in [0.29, 0.717) is 36.3 Å². The zero-order valence-corrected chi connectivity index (χ0v) is 20.0. The summed E-state index contributed by atoms with van der Waals surface area (Å²) in [5, 5.41) is 3.26. The monoisotopic (exact) mass is 455 g/mol. The topological polar surface area (TPSA) is 90.9 Å². The molecule has 1 aromatic rings. The minimum atomic E-state index is -0.906. The predicted molar refractivity (Wildman–Crippen MR) is 123 cm³/mol. The number of nitrogens with one attached hydrogen (secondary N) is 1. The molecule has 0 unspecified atom stereocenters. The average Bonchev–Trinajstić information content (AvgIpc) is 2.80. The molecule has 0 bridgehead atoms. The van der Waals surface area contributed by atoms with Crippen LogP contribution in [-0.2, 0) is 23.9 Å². The Kier molecular flexibility index (Phi) is 7.95. The smallest absolute Gasteiger partial charge is 0.336 e. The summed E-state index contributed by atoms with van der Waals surface area (Å²) >= 11 is 0. The number of Topliss-reactive ketones (excluding diaryl/α,β-unsaturated/α-hetero) is 1. The van der Waals surface area contributed by atoms with E-state index in [0.717, 1.165) is 23.4 Å². The maximum absolute atomic E-state index is 13.7. The van der Waals surface area contributed by atoms with Gasteiger partial charge in [-0.15, -0.1) is 0 Å². The van der Waals surface area contributed by atoms with Crippen LogP contribution in [0.3, 0.4) is 0 Å². The molecule has 1 heterocycles. The number of ether oxygens (including phenoxy) is 3. The van der Waals surface area contributed by atoms with E-state index in [1.54, 1.807) is 0 Å². The van der Waals surface area contributed by atoms with Crippen LogP contribution in [-0.4, -0.2) is 38.0 Å². The van der Waals surface area contributed by atoms with E-state index in [9.17, 15) is 14.4 Å². The van der Waals surface area contributed by atoms with Crippen molar-refractivity contribution in [3.8, 4) is 5.75 Å². The SMILES string of the molecule is CCCOC(=O)C1=C(C)NC2=C(C(=O)[C@H](C(=O)OC)[C@H](C)C2)[C@H]1c1ccc(OCCC)cc1. The number of hydrogen-bond donors (Lipinski definition) is 1. The van der Waals surface area contributed by atoms with Gasteiger partial charge in [0.1, 0.15) is 11.7 Å². The molecule has 0 saturated heterocycles. The summed E-state index contributed by atoms with van der Waals surface area (Å²) in [7, 11) is 1.29. The van der Waals surface area contributed by atoms with E-state index in [1.165, 1.54) is 7.11 Å². The van der Waals surface area contributed by atoms with Crippen molar-refractivity contribution in [2.75, 3.05) is 20.3 Å². The van der Waals surface area contributed by atoms with Crippen LogP contribution in [0.5, 0.6) is 5.75 Å². The Morgan fingerprint density at radius 1 is 1.09 bits per heavy atom. The number of dihydropyridines is 1. The molecule has 33 heavy (non-hydrogen) atoms. The molecule has 0 amide bonds. The lowest BCUT2D eigenvalue weighted by molar-refractivity contribution is -0.151. The van der Waals surface area contributed by atoms with Crippen molar-refractivity contribution in [3.05, 3.63) is 52.4 Å². The van der Waals surface area contributed by atoms with Crippen molar-refractivity contribution in [2.45, 2.75) is 52.9 Å². The van der Waals surface area contributed by atoms with Crippen molar-refractivity contribution >= 4 is 17.7 Å². The summed E-state index contributed by atoms with van der Waals surface area (Å²) < 4.78 is 16.1. The number of hydrogen-bond acceptors (Lipinski definition) is 7. The summed E-state index contributed by atoms with van der Waals surface area (Å²) in [6, 6.07) is 7.41. The number of carbonyl (C=O) groups excluding carboxylic acids is 3. The van der Waals surface area contributed by atoms with Gasteiger partial charge in [0.25, 0.3) is 0 Å². The van der Waals surface area contributed by atoms with Crippen molar-refractivity contribution in [1.82, 2.24) is 5.32 Å². The Bertz CT molecular complexity index is 975. The van der Waals surface area contributed by atoms with Gasteiger partial charge in [-0.3, -0.25) is 9.59 Å². The number of carbonyl (C=O) groups is 3. The highest BCUT2D eigenvalue weighted by Crippen LogP contribution is 2.45. The van der Waals surface area contributed by atoms with E-state index in [4.69, 9.17) is 14.2 Å². The molecule has 1 aliphatic carbocycles. The fraction of sp³-hybridized carbons (Fsp3) is 0.500. The number of rotatable bonds is 8. The van der Waals surface area contributed by atoms with Crippen LogP contribution in [0.15, 0.2) is 46.8 Å². The van der Waals surface area contributed by atoms with Gasteiger partial charge in [-0.05, 0) is 49.8 Å². The molecular weight excluding hydrogens is 422 g/mol. The molecular formula is C26H33NO6. The summed E-state index contributed by atoms with van der Waals surface area (Å²) in [6.07, 6.45) is 2.08. The van der Waals surface area contributed by atoms with E-state index in [1.807, 2.05) is 52.0 Å². The maximum Gasteiger partial charge on any atom is 0.336 e. The Morgan fingerprint density at radius 3 is 2.36 bits per heavy atom. The van der Waals surface area contributed by atoms with E-state index >= 15 is 0 Å². The van der Waals surface area contributed by atoms with Crippen LogP contribution in [0.2, 0.25) is 0 Å². The van der Waals surface area contributed by atoms with Gasteiger partial charge in [0.05, 0.1) is 25.9 Å². The first kappa shape index (κ1) is 24.6. The van der Waals surface area contributed by atoms with E-state index in [-0.39, 0.29) is 18.3 Å². The Morgan fingerprint density at radius 2 is 1.76 bits per heavy atom. The molecule has 3 atom stereocenters. The van der Waals surface area contributed by atoms with Crippen LogP contribution in [0, 0.1) is 11.8 Å². The lowest BCUT2D eigenvalue weighted by atomic mass is 9.69. The van der Waals surface area contributed by atoms with Crippen LogP contribution in [0.1, 0.15) is 58.4 Å². The second kappa shape index (κ2) is 10.7. The second-order valence-corrected chi connectivity index (χ2v) is 8.59. The first-order valence-electron chi connectivity index (χ1n) is 11.6. The Balaban J connectivity index is 2.10. The van der Waals surface area contributed by atoms with E-state index < -0.39 is 23.8 Å². The van der Waals surface area contributed by atoms with Crippen molar-refractivity contribution in [2.24, 2.45) is 11.8 Å². The molecule has 1 aliphatic heterocycles. The van der Waals surface area contributed by atoms with Gasteiger partial charge in [0.2, 0.25) is 0 Å². The molecule has 0 radical (unpaired) electrons. The standard InChI is InChI=1S/C26H33NO6/c1-6-12-32-18-10-8-17(9-11-18)22-21(26(30)33-13-7-2)16(4)27-19-14-15(3)20(25(29)31-5)24(28)23(19)22/h8-11,15,20,22,27H,6-7,12-14H2,1-5H3/t15-,20-,22+/m1/s1. The Hall–Kier alpha value is -3.09. The largest absolute Gasteiger partial charge is 0.494 e. The fourth-order valence-corrected chi connectivity index (χ4v) is 4.53. The average molecular weight is 456 g/mol. The molecule has 0 saturated carbocycles. The van der Waals surface area contributed by atoms with Gasteiger partial charge in [-0.2, -0.15) is 0 Å². The summed E-state index contributed by atoms with van der Waals surface area (Å²) in [5.41, 5.74) is 2.98. The minimum absolute atomic E-state index is 0.219. The number of methoxy groups -OCH3 is 1. The van der Waals surface area contributed by atoms with Crippen LogP contribution in [0.4, 0.5) is 0 Å². The third-order valence-corrected chi connectivity index (χ3v) is 6.09. The highest BCUT2D eigenvalue weighted by molar-refractivity contribution is 6.12. The van der Waals surface area contributed by atoms with Crippen molar-refractivity contribution in [3.63, 3.8) is 0 Å². The van der Waals surface area contributed by atoms with Gasteiger partial charge < -0.3 is 19.5 Å². The molecule has 0 spiro atoms. The highest BCUT2D eigenvalue weighted by atomic mass is 16.5. The lowest BCUT2D eigenvalue weighted by Crippen LogP contribution is -2.43. The number of allylic oxidation sites excluding steroid dienone is 3. The predicted octanol–water partition coefficient (Wildman–Crippen LogP) is 4.04. The zero-order valence-electron chi connectivity index (χ0n) is 20.0. The van der Waals surface area contributed by atoms with Crippen LogP contribution < -0.4 is 10.1 Å². The minimum Gasteiger partial charge on any atom is -0.494 e. The summed E-state index contributed by atoms with van der Waals surface area (Å²) in [4.78, 5) is 39.2. The van der Waals surface area contributed by atoms with Gasteiger partial charge in [-0.25, -0.2) is 4.79 Å². The third kappa shape index (κ3) is 4.97. The summed E-state index contributed by atoms with van der Waals surface area (Å²) in [6.45, 7) is 8.53. The molecule has 0 fully saturated rings. The molecule has 2 aliphatic rings. The fourth-order valence-electron chi connectivity index (χ4n) is 4.53. The molecule has 0 aromatic heterocycles. The molecule has 7 heteroatoms. The summed E-state index contributed by atoms with van der Waals surface area (Å²) in [5.74, 6) is -2.38. The number of esters is 2. The number of ketones is 1. The first-order valence-corrected chi connectivity index (χ1v) is 11.6. The van der Waals surface area contributed by atoms with E-state index in [2.05, 4.69) is 5.32 Å². The first-order chi connectivity index (χ1) is 15.8. The molecule has 178 valence electrons. The van der Waals surface area contributed by atoms with Gasteiger partial charge >= 0.3 is 11.9 Å². The van der Waals surface area contributed by atoms with Crippen LogP contribution in [0.25, 0.3) is 0 Å². The van der Waals surface area contributed by atoms with Crippen molar-refractivity contribution < 1.29 is 28.6 Å². The van der Waals surface area contributed by atoms with Crippen LogP contribution >= 0.6 is 0 Å². The third-order valence-electron chi connectivity index (χ3n) is 6.09. The lowest BCUT2D eigenvalue weighted by Gasteiger charge is -2.38. The second-order valence-electron chi connectivity index (χ2n) is 8.59. The zero-order chi connectivity index (χ0) is 24.1. The molecule has 7 nitrogen and oxygen atoms in total. The maximum atomic E-state index is 13.7. The van der Waals surface area contributed by atoms with Gasteiger partial charge in [0.15, 0.2) is 5.78 Å². The Labute approximate surface area is 195 Å². The van der Waals surface area contributed by atoms with Gasteiger partial charge in [-0.1, -0.05) is 32.9 Å². The number of benzene rings is 1. The normalized spacial score (nSPS) is 22.5. The van der Waals surface area contributed by atoms with Gasteiger partial charge in [0, 0.05) is 22.9 Å². The quantitative estimate of drug-likeness (QED) is 0.467. The highest BCUT2D eigenvalue weighted by Gasteiger charge is 2.47. The molecule has 1 aromatic carbocycles. The molecule has 3 rings (SSSR count). The molecule has 1 N–H and O–H groups in total.